The van der Waals surface area contributed by atoms with Crippen molar-refractivity contribution in [2.24, 2.45) is 5.41 Å². The molecule has 1 heterocycles. The molecule has 0 spiro atoms. The zero-order valence-electron chi connectivity index (χ0n) is 12.2. The van der Waals surface area contributed by atoms with Crippen LogP contribution in [0.4, 0.5) is 0 Å². The van der Waals surface area contributed by atoms with E-state index in [4.69, 9.17) is 0 Å². The first-order chi connectivity index (χ1) is 9.55. The highest BCUT2D eigenvalue weighted by molar-refractivity contribution is 9.10. The molecule has 0 radical (unpaired) electrons. The van der Waals surface area contributed by atoms with Crippen molar-refractivity contribution in [2.75, 3.05) is 13.1 Å². The van der Waals surface area contributed by atoms with Gasteiger partial charge in [-0.2, -0.15) is 0 Å². The van der Waals surface area contributed by atoms with Crippen LogP contribution in [0.5, 0.6) is 0 Å². The number of nitrogens with one attached hydrogen (secondary N) is 2. The van der Waals surface area contributed by atoms with Gasteiger partial charge in [0.25, 0.3) is 0 Å². The summed E-state index contributed by atoms with van der Waals surface area (Å²) in [6.45, 7) is 5.96. The molecule has 1 fully saturated rings. The van der Waals surface area contributed by atoms with Crippen molar-refractivity contribution in [1.82, 2.24) is 10.6 Å². The Morgan fingerprint density at radius 2 is 2.15 bits per heavy atom. The SMILES string of the molecule is CCC(NC(=O)C1(C)CCCNC1)c1ccc(Br)cc1. The van der Waals surface area contributed by atoms with Crippen LogP contribution in [0.1, 0.15) is 44.7 Å². The summed E-state index contributed by atoms with van der Waals surface area (Å²) in [4.78, 5) is 12.6. The van der Waals surface area contributed by atoms with Crippen molar-refractivity contribution >= 4 is 21.8 Å². The lowest BCUT2D eigenvalue weighted by Crippen LogP contribution is -2.49. The molecule has 2 N–H and O–H groups in total. The van der Waals surface area contributed by atoms with Crippen molar-refractivity contribution in [3.05, 3.63) is 34.3 Å². The van der Waals surface area contributed by atoms with Crippen LogP contribution < -0.4 is 10.6 Å². The Morgan fingerprint density at radius 3 is 2.70 bits per heavy atom. The van der Waals surface area contributed by atoms with Crippen molar-refractivity contribution < 1.29 is 4.79 Å². The lowest BCUT2D eigenvalue weighted by Gasteiger charge is -2.34. The van der Waals surface area contributed by atoms with Gasteiger partial charge in [0, 0.05) is 11.0 Å². The molecule has 2 unspecified atom stereocenters. The minimum Gasteiger partial charge on any atom is -0.349 e. The Kier molecular flexibility index (Phi) is 5.22. The number of benzene rings is 1. The Bertz CT molecular complexity index is 452. The van der Waals surface area contributed by atoms with E-state index < -0.39 is 0 Å². The molecule has 1 saturated heterocycles. The van der Waals surface area contributed by atoms with Crippen LogP contribution in [0.15, 0.2) is 28.7 Å². The fraction of sp³-hybridized carbons (Fsp3) is 0.562. The second-order valence-corrected chi connectivity index (χ2v) is 6.74. The van der Waals surface area contributed by atoms with Crippen molar-refractivity contribution in [2.45, 2.75) is 39.2 Å². The third-order valence-electron chi connectivity index (χ3n) is 4.13. The molecular weight excluding hydrogens is 316 g/mol. The standard InChI is InChI=1S/C16H23BrN2O/c1-3-14(12-5-7-13(17)8-6-12)19-15(20)16(2)9-4-10-18-11-16/h5-8,14,18H,3-4,9-11H2,1-2H3,(H,19,20). The van der Waals surface area contributed by atoms with Crippen LogP contribution in [-0.4, -0.2) is 19.0 Å². The van der Waals surface area contributed by atoms with Gasteiger partial charge in [0.1, 0.15) is 0 Å². The number of carbonyl (C=O) groups excluding carboxylic acids is 1. The van der Waals surface area contributed by atoms with Crippen LogP contribution in [0, 0.1) is 5.41 Å². The Morgan fingerprint density at radius 1 is 1.45 bits per heavy atom. The first-order valence-electron chi connectivity index (χ1n) is 7.32. The van der Waals surface area contributed by atoms with Gasteiger partial charge in [-0.15, -0.1) is 0 Å². The molecule has 0 aliphatic carbocycles. The highest BCUT2D eigenvalue weighted by Gasteiger charge is 2.35. The van der Waals surface area contributed by atoms with E-state index in [2.05, 4.69) is 52.5 Å². The molecule has 110 valence electrons. The molecule has 1 aromatic rings. The maximum absolute atomic E-state index is 12.6. The maximum Gasteiger partial charge on any atom is 0.227 e. The second-order valence-electron chi connectivity index (χ2n) is 5.83. The van der Waals surface area contributed by atoms with E-state index in [-0.39, 0.29) is 17.4 Å². The Hall–Kier alpha value is -0.870. The van der Waals surface area contributed by atoms with E-state index in [1.54, 1.807) is 0 Å². The van der Waals surface area contributed by atoms with E-state index in [0.29, 0.717) is 0 Å². The van der Waals surface area contributed by atoms with Crippen molar-refractivity contribution in [1.29, 1.82) is 0 Å². The summed E-state index contributed by atoms with van der Waals surface area (Å²) in [7, 11) is 0. The number of hydrogen-bond donors (Lipinski definition) is 2. The van der Waals surface area contributed by atoms with Crippen LogP contribution in [0.2, 0.25) is 0 Å². The highest BCUT2D eigenvalue weighted by atomic mass is 79.9. The fourth-order valence-corrected chi connectivity index (χ4v) is 2.96. The number of hydrogen-bond acceptors (Lipinski definition) is 2. The molecular formula is C16H23BrN2O. The number of carbonyl (C=O) groups is 1. The van der Waals surface area contributed by atoms with Crippen molar-refractivity contribution in [3.8, 4) is 0 Å². The van der Waals surface area contributed by atoms with E-state index >= 15 is 0 Å². The van der Waals surface area contributed by atoms with Crippen LogP contribution >= 0.6 is 15.9 Å². The molecule has 20 heavy (non-hydrogen) atoms. The predicted octanol–water partition coefficient (Wildman–Crippen LogP) is 3.41. The molecule has 1 aliphatic heterocycles. The topological polar surface area (TPSA) is 41.1 Å². The summed E-state index contributed by atoms with van der Waals surface area (Å²) in [5.41, 5.74) is 0.887. The van der Waals surface area contributed by atoms with Crippen LogP contribution in [0.3, 0.4) is 0 Å². The monoisotopic (exact) mass is 338 g/mol. The molecule has 1 amide bonds. The molecule has 2 rings (SSSR count). The van der Waals surface area contributed by atoms with Gasteiger partial charge in [0.15, 0.2) is 0 Å². The number of amides is 1. The lowest BCUT2D eigenvalue weighted by atomic mass is 9.81. The van der Waals surface area contributed by atoms with E-state index in [0.717, 1.165) is 42.4 Å². The first-order valence-corrected chi connectivity index (χ1v) is 8.11. The summed E-state index contributed by atoms with van der Waals surface area (Å²) < 4.78 is 1.06. The van der Waals surface area contributed by atoms with Crippen LogP contribution in [0.25, 0.3) is 0 Å². The molecule has 1 aliphatic rings. The third-order valence-corrected chi connectivity index (χ3v) is 4.66. The molecule has 1 aromatic carbocycles. The van der Waals surface area contributed by atoms with Gasteiger partial charge in [0.2, 0.25) is 5.91 Å². The molecule has 0 aromatic heterocycles. The Balaban J connectivity index is 2.05. The minimum absolute atomic E-state index is 0.0920. The molecule has 4 heteroatoms. The summed E-state index contributed by atoms with van der Waals surface area (Å²) in [6, 6.07) is 8.27. The largest absolute Gasteiger partial charge is 0.349 e. The predicted molar refractivity (Wildman–Crippen MR) is 85.5 cm³/mol. The minimum atomic E-state index is -0.277. The number of rotatable bonds is 4. The van der Waals surface area contributed by atoms with Crippen LogP contribution in [-0.2, 0) is 4.79 Å². The van der Waals surface area contributed by atoms with E-state index in [9.17, 15) is 4.79 Å². The second kappa shape index (κ2) is 6.72. The molecule has 2 atom stereocenters. The van der Waals surface area contributed by atoms with E-state index in [1.165, 1.54) is 0 Å². The van der Waals surface area contributed by atoms with Gasteiger partial charge < -0.3 is 10.6 Å². The Labute approximate surface area is 129 Å². The lowest BCUT2D eigenvalue weighted by molar-refractivity contribution is -0.131. The number of halogens is 1. The van der Waals surface area contributed by atoms with Gasteiger partial charge in [-0.25, -0.2) is 0 Å². The van der Waals surface area contributed by atoms with Gasteiger partial charge in [0.05, 0.1) is 11.5 Å². The van der Waals surface area contributed by atoms with Gasteiger partial charge in [-0.05, 0) is 50.4 Å². The van der Waals surface area contributed by atoms with E-state index in [1.807, 2.05) is 12.1 Å². The van der Waals surface area contributed by atoms with Crippen molar-refractivity contribution in [3.63, 3.8) is 0 Å². The van der Waals surface area contributed by atoms with Gasteiger partial charge in [-0.3, -0.25) is 4.79 Å². The average molecular weight is 339 g/mol. The third kappa shape index (κ3) is 3.61. The van der Waals surface area contributed by atoms with Gasteiger partial charge >= 0.3 is 0 Å². The molecule has 3 nitrogen and oxygen atoms in total. The summed E-state index contributed by atoms with van der Waals surface area (Å²) in [5.74, 6) is 0.166. The highest BCUT2D eigenvalue weighted by Crippen LogP contribution is 2.28. The van der Waals surface area contributed by atoms with Gasteiger partial charge in [-0.1, -0.05) is 35.0 Å². The normalized spacial score (nSPS) is 24.1. The smallest absolute Gasteiger partial charge is 0.227 e. The summed E-state index contributed by atoms with van der Waals surface area (Å²) in [6.07, 6.45) is 2.93. The summed E-state index contributed by atoms with van der Waals surface area (Å²) in [5, 5.41) is 6.55. The zero-order valence-corrected chi connectivity index (χ0v) is 13.8. The fourth-order valence-electron chi connectivity index (χ4n) is 2.70. The zero-order chi connectivity index (χ0) is 14.6. The summed E-state index contributed by atoms with van der Waals surface area (Å²) >= 11 is 3.44. The quantitative estimate of drug-likeness (QED) is 0.883. The molecule has 0 bridgehead atoms. The maximum atomic E-state index is 12.6. The average Bonchev–Trinajstić information content (AvgIpc) is 2.46. The number of piperidine rings is 1. The first kappa shape index (κ1) is 15.5. The molecule has 0 saturated carbocycles.